The number of rotatable bonds is 6. The highest BCUT2D eigenvalue weighted by Crippen LogP contribution is 2.26. The second-order valence-electron chi connectivity index (χ2n) is 4.90. The zero-order chi connectivity index (χ0) is 12.0. The van der Waals surface area contributed by atoms with Crippen molar-refractivity contribution >= 4 is 0 Å². The van der Waals surface area contributed by atoms with E-state index in [-0.39, 0.29) is 11.9 Å². The Kier molecular flexibility index (Phi) is 5.23. The molecule has 92 valence electrons. The van der Waals surface area contributed by atoms with Crippen molar-refractivity contribution in [2.24, 2.45) is 0 Å². The molecule has 0 aromatic carbocycles. The minimum atomic E-state index is -0.263. The maximum Gasteiger partial charge on any atom is 0.158 e. The summed E-state index contributed by atoms with van der Waals surface area (Å²) < 4.78 is 11.5. The maximum atomic E-state index is 5.96. The van der Waals surface area contributed by atoms with Gasteiger partial charge >= 0.3 is 0 Å². The van der Waals surface area contributed by atoms with Crippen molar-refractivity contribution in [1.29, 1.82) is 0 Å². The van der Waals surface area contributed by atoms with Crippen molar-refractivity contribution < 1.29 is 9.47 Å². The Morgan fingerprint density at radius 1 is 1.56 bits per heavy atom. The summed E-state index contributed by atoms with van der Waals surface area (Å²) in [5, 5.41) is 0. The van der Waals surface area contributed by atoms with Gasteiger partial charge in [-0.1, -0.05) is 17.7 Å². The molecule has 1 aliphatic rings. The van der Waals surface area contributed by atoms with Gasteiger partial charge in [-0.25, -0.2) is 0 Å². The van der Waals surface area contributed by atoms with Crippen molar-refractivity contribution in [3.05, 3.63) is 24.3 Å². The van der Waals surface area contributed by atoms with Gasteiger partial charge in [0.25, 0.3) is 0 Å². The van der Waals surface area contributed by atoms with Gasteiger partial charge < -0.3 is 9.47 Å². The Labute approximate surface area is 99.3 Å². The Bertz CT molecular complexity index is 247. The molecule has 0 saturated carbocycles. The van der Waals surface area contributed by atoms with Crippen LogP contribution in [-0.2, 0) is 9.47 Å². The van der Waals surface area contributed by atoms with Crippen LogP contribution in [0.5, 0.6) is 0 Å². The lowest BCUT2D eigenvalue weighted by atomic mass is 9.99. The van der Waals surface area contributed by atoms with Crippen LogP contribution in [0.3, 0.4) is 0 Å². The lowest BCUT2D eigenvalue weighted by Crippen LogP contribution is -2.31. The van der Waals surface area contributed by atoms with Crippen molar-refractivity contribution in [1.82, 2.24) is 0 Å². The molecule has 0 N–H and O–H groups in total. The fourth-order valence-corrected chi connectivity index (χ4v) is 1.80. The molecule has 2 nitrogen and oxygen atoms in total. The second-order valence-corrected chi connectivity index (χ2v) is 4.90. The molecule has 0 amide bonds. The average Bonchev–Trinajstić information content (AvgIpc) is 2.69. The molecule has 0 radical (unpaired) electrons. The van der Waals surface area contributed by atoms with Gasteiger partial charge in [0.15, 0.2) is 6.29 Å². The van der Waals surface area contributed by atoms with E-state index in [9.17, 15) is 0 Å². The lowest BCUT2D eigenvalue weighted by molar-refractivity contribution is -0.168. The van der Waals surface area contributed by atoms with E-state index in [4.69, 9.17) is 9.47 Å². The predicted octanol–water partition coefficient (Wildman–Crippen LogP) is 3.83. The Hall–Kier alpha value is -0.600. The van der Waals surface area contributed by atoms with Gasteiger partial charge in [0.05, 0.1) is 5.60 Å². The van der Waals surface area contributed by atoms with Crippen molar-refractivity contribution in [2.45, 2.75) is 58.3 Å². The lowest BCUT2D eigenvalue weighted by Gasteiger charge is -2.29. The molecule has 0 aliphatic carbocycles. The summed E-state index contributed by atoms with van der Waals surface area (Å²) in [5.41, 5.74) is 1.09. The molecule has 1 rings (SSSR count). The molecule has 16 heavy (non-hydrogen) atoms. The van der Waals surface area contributed by atoms with Crippen molar-refractivity contribution in [3.63, 3.8) is 0 Å². The third-order valence-corrected chi connectivity index (χ3v) is 2.91. The topological polar surface area (TPSA) is 18.5 Å². The highest BCUT2D eigenvalue weighted by atomic mass is 16.7. The molecular formula is C14H24O2. The zero-order valence-electron chi connectivity index (χ0n) is 10.8. The quantitative estimate of drug-likeness (QED) is 0.638. The summed E-state index contributed by atoms with van der Waals surface area (Å²) in [5.74, 6) is 0. The molecule has 2 atom stereocenters. The van der Waals surface area contributed by atoms with Gasteiger partial charge in [-0.05, 0) is 40.0 Å². The van der Waals surface area contributed by atoms with Crippen LogP contribution in [0.15, 0.2) is 24.3 Å². The number of ether oxygens (including phenoxy) is 2. The first kappa shape index (κ1) is 13.5. The van der Waals surface area contributed by atoms with E-state index in [1.807, 2.05) is 6.08 Å². The molecule has 0 spiro atoms. The zero-order valence-corrected chi connectivity index (χ0v) is 10.8. The average molecular weight is 224 g/mol. The van der Waals surface area contributed by atoms with Crippen LogP contribution in [0, 0.1) is 0 Å². The summed E-state index contributed by atoms with van der Waals surface area (Å²) in [6, 6.07) is 0. The van der Waals surface area contributed by atoms with Crippen molar-refractivity contribution in [2.75, 3.05) is 6.61 Å². The SMILES string of the molecule is C=CC(C)(CCC=C(C)C)OC1CCCO1. The van der Waals surface area contributed by atoms with E-state index in [0.29, 0.717) is 0 Å². The van der Waals surface area contributed by atoms with E-state index < -0.39 is 0 Å². The first-order valence-electron chi connectivity index (χ1n) is 6.12. The van der Waals surface area contributed by atoms with Crippen LogP contribution >= 0.6 is 0 Å². The summed E-state index contributed by atoms with van der Waals surface area (Å²) in [6.45, 7) is 11.0. The molecule has 0 bridgehead atoms. The van der Waals surface area contributed by atoms with E-state index in [1.165, 1.54) is 5.57 Å². The molecule has 1 fully saturated rings. The largest absolute Gasteiger partial charge is 0.353 e. The highest BCUT2D eigenvalue weighted by Gasteiger charge is 2.27. The summed E-state index contributed by atoms with van der Waals surface area (Å²) in [4.78, 5) is 0. The minimum Gasteiger partial charge on any atom is -0.353 e. The molecule has 1 aliphatic heterocycles. The Balaban J connectivity index is 2.41. The van der Waals surface area contributed by atoms with Gasteiger partial charge in [0, 0.05) is 13.0 Å². The monoisotopic (exact) mass is 224 g/mol. The molecule has 0 aromatic rings. The molecular weight excluding hydrogens is 200 g/mol. The van der Waals surface area contributed by atoms with Crippen LogP contribution in [-0.4, -0.2) is 18.5 Å². The van der Waals surface area contributed by atoms with E-state index >= 15 is 0 Å². The minimum absolute atomic E-state index is 0.0327. The van der Waals surface area contributed by atoms with Gasteiger partial charge in [-0.2, -0.15) is 0 Å². The third kappa shape index (κ3) is 4.50. The van der Waals surface area contributed by atoms with E-state index in [2.05, 4.69) is 33.4 Å². The standard InChI is InChI=1S/C14H24O2/c1-5-14(4,10-6-8-12(2)3)16-13-9-7-11-15-13/h5,8,13H,1,6-7,9-11H2,2-4H3. The summed E-state index contributed by atoms with van der Waals surface area (Å²) in [6.07, 6.45) is 8.19. The van der Waals surface area contributed by atoms with Crippen LogP contribution in [0.2, 0.25) is 0 Å². The van der Waals surface area contributed by atoms with Crippen LogP contribution in [0.1, 0.15) is 46.5 Å². The number of hydrogen-bond acceptors (Lipinski definition) is 2. The molecule has 2 unspecified atom stereocenters. The summed E-state index contributed by atoms with van der Waals surface area (Å²) >= 11 is 0. The molecule has 2 heteroatoms. The smallest absolute Gasteiger partial charge is 0.158 e. The highest BCUT2D eigenvalue weighted by molar-refractivity contribution is 4.99. The molecule has 0 aromatic heterocycles. The van der Waals surface area contributed by atoms with Gasteiger partial charge in [-0.3, -0.25) is 0 Å². The normalized spacial score (nSPS) is 23.8. The fraction of sp³-hybridized carbons (Fsp3) is 0.714. The maximum absolute atomic E-state index is 5.96. The number of allylic oxidation sites excluding steroid dienone is 2. The second kappa shape index (κ2) is 6.21. The summed E-state index contributed by atoms with van der Waals surface area (Å²) in [7, 11) is 0. The van der Waals surface area contributed by atoms with Gasteiger partial charge in [0.2, 0.25) is 0 Å². The molecule has 1 saturated heterocycles. The van der Waals surface area contributed by atoms with Crippen molar-refractivity contribution in [3.8, 4) is 0 Å². The van der Waals surface area contributed by atoms with Crippen LogP contribution < -0.4 is 0 Å². The fourth-order valence-electron chi connectivity index (χ4n) is 1.80. The molecule has 1 heterocycles. The Morgan fingerprint density at radius 3 is 2.81 bits per heavy atom. The Morgan fingerprint density at radius 2 is 2.31 bits per heavy atom. The van der Waals surface area contributed by atoms with E-state index in [1.54, 1.807) is 0 Å². The first-order chi connectivity index (χ1) is 7.56. The first-order valence-corrected chi connectivity index (χ1v) is 6.12. The third-order valence-electron chi connectivity index (χ3n) is 2.91. The number of hydrogen-bond donors (Lipinski definition) is 0. The van der Waals surface area contributed by atoms with Crippen LogP contribution in [0.25, 0.3) is 0 Å². The van der Waals surface area contributed by atoms with Gasteiger partial charge in [0.1, 0.15) is 0 Å². The van der Waals surface area contributed by atoms with Crippen LogP contribution in [0.4, 0.5) is 0 Å². The van der Waals surface area contributed by atoms with Gasteiger partial charge in [-0.15, -0.1) is 6.58 Å². The van der Waals surface area contributed by atoms with E-state index in [0.717, 1.165) is 32.3 Å². The predicted molar refractivity (Wildman–Crippen MR) is 67.3 cm³/mol.